The van der Waals surface area contributed by atoms with Crippen LogP contribution in [0.15, 0.2) is 23.1 Å². The molecule has 1 fully saturated rings. The van der Waals surface area contributed by atoms with Gasteiger partial charge in [-0.1, -0.05) is 23.2 Å². The molecule has 1 aromatic carbocycles. The number of sulfonamides is 1. The number of hydrogen-bond acceptors (Lipinski definition) is 4. The summed E-state index contributed by atoms with van der Waals surface area (Å²) in [5.74, 6) is -0.953. The first-order chi connectivity index (χ1) is 11.6. The molecule has 2 rings (SSSR count). The van der Waals surface area contributed by atoms with Crippen LogP contribution in [0.25, 0.3) is 0 Å². The molecule has 0 radical (unpaired) electrons. The molecular weight excluding hydrogens is 389 g/mol. The largest absolute Gasteiger partial charge is 0.369 e. The Bertz CT molecular complexity index is 777. The highest BCUT2D eigenvalue weighted by Gasteiger charge is 2.30. The summed E-state index contributed by atoms with van der Waals surface area (Å²) in [6, 6.07) is 4.12. The van der Waals surface area contributed by atoms with Gasteiger partial charge in [0.1, 0.15) is 4.90 Å². The van der Waals surface area contributed by atoms with Crippen LogP contribution in [0.4, 0.5) is 0 Å². The summed E-state index contributed by atoms with van der Waals surface area (Å²) in [7, 11) is -2.65. The second-order valence-electron chi connectivity index (χ2n) is 5.89. The molecule has 1 aliphatic rings. The van der Waals surface area contributed by atoms with Crippen LogP contribution in [-0.2, 0) is 19.6 Å². The van der Waals surface area contributed by atoms with Crippen molar-refractivity contribution in [2.45, 2.75) is 17.7 Å². The van der Waals surface area contributed by atoms with Gasteiger partial charge in [0.05, 0.1) is 11.6 Å². The molecule has 1 aromatic rings. The number of carbonyl (C=O) groups excluding carboxylic acids is 2. The van der Waals surface area contributed by atoms with Gasteiger partial charge in [0, 0.05) is 31.1 Å². The number of nitrogens with two attached hydrogens (primary N) is 1. The maximum Gasteiger partial charge on any atom is 0.244 e. The van der Waals surface area contributed by atoms with Crippen molar-refractivity contribution in [1.82, 2.24) is 9.21 Å². The van der Waals surface area contributed by atoms with Crippen molar-refractivity contribution in [3.05, 3.63) is 28.2 Å². The highest BCUT2D eigenvalue weighted by atomic mass is 35.5. The minimum absolute atomic E-state index is 0.0333. The zero-order valence-electron chi connectivity index (χ0n) is 13.6. The molecule has 0 bridgehead atoms. The fraction of sp³-hybridized carbons (Fsp3) is 0.467. The Morgan fingerprint density at radius 2 is 1.88 bits per heavy atom. The molecule has 10 heteroatoms. The van der Waals surface area contributed by atoms with Crippen LogP contribution in [0.2, 0.25) is 10.0 Å². The third-order valence-electron chi connectivity index (χ3n) is 4.19. The highest BCUT2D eigenvalue weighted by molar-refractivity contribution is 7.89. The second kappa shape index (κ2) is 7.90. The number of amides is 2. The number of carbonyl (C=O) groups is 2. The van der Waals surface area contributed by atoms with Gasteiger partial charge in [-0.15, -0.1) is 0 Å². The van der Waals surface area contributed by atoms with Crippen LogP contribution in [-0.4, -0.2) is 56.1 Å². The molecule has 0 atom stereocenters. The standard InChI is InChI=1S/C15H19Cl2N3O4S/c1-19(25(23,24)13-8-11(16)2-3-12(13)17)9-14(21)20-6-4-10(5-7-20)15(18)22/h2-3,8,10H,4-7,9H2,1H3,(H2,18,22). The van der Waals surface area contributed by atoms with Gasteiger partial charge in [-0.2, -0.15) is 4.31 Å². The number of benzene rings is 1. The summed E-state index contributed by atoms with van der Waals surface area (Å²) in [5, 5.41) is 0.266. The molecule has 138 valence electrons. The van der Waals surface area contributed by atoms with Crippen molar-refractivity contribution in [1.29, 1.82) is 0 Å². The molecule has 0 spiro atoms. The van der Waals surface area contributed by atoms with Crippen molar-refractivity contribution in [3.63, 3.8) is 0 Å². The van der Waals surface area contributed by atoms with E-state index in [1.54, 1.807) is 0 Å². The molecule has 1 aliphatic heterocycles. The summed E-state index contributed by atoms with van der Waals surface area (Å²) in [6.07, 6.45) is 0.968. The predicted octanol–water partition coefficient (Wildman–Crippen LogP) is 1.34. The number of hydrogen-bond donors (Lipinski definition) is 1. The maximum atomic E-state index is 12.6. The van der Waals surface area contributed by atoms with Crippen molar-refractivity contribution < 1.29 is 18.0 Å². The quantitative estimate of drug-likeness (QED) is 0.795. The van der Waals surface area contributed by atoms with Crippen LogP contribution >= 0.6 is 23.2 Å². The molecule has 25 heavy (non-hydrogen) atoms. The maximum absolute atomic E-state index is 12.6. The van der Waals surface area contributed by atoms with Gasteiger partial charge < -0.3 is 10.6 Å². The Kier molecular flexibility index (Phi) is 6.31. The van der Waals surface area contributed by atoms with Crippen LogP contribution < -0.4 is 5.73 Å². The zero-order chi connectivity index (χ0) is 18.8. The van der Waals surface area contributed by atoms with Crippen molar-refractivity contribution in [2.24, 2.45) is 11.7 Å². The first kappa shape index (κ1) is 20.0. The fourth-order valence-electron chi connectivity index (χ4n) is 2.63. The number of likely N-dealkylation sites (tertiary alicyclic amines) is 1. The third kappa shape index (κ3) is 4.63. The molecule has 7 nitrogen and oxygen atoms in total. The summed E-state index contributed by atoms with van der Waals surface area (Å²) < 4.78 is 26.2. The monoisotopic (exact) mass is 407 g/mol. The smallest absolute Gasteiger partial charge is 0.244 e. The van der Waals surface area contributed by atoms with Crippen LogP contribution in [0, 0.1) is 5.92 Å². The topological polar surface area (TPSA) is 101 Å². The van der Waals surface area contributed by atoms with Crippen LogP contribution in [0.3, 0.4) is 0 Å². The van der Waals surface area contributed by atoms with Crippen molar-refractivity contribution in [2.75, 3.05) is 26.7 Å². The molecule has 0 unspecified atom stereocenters. The van der Waals surface area contributed by atoms with Gasteiger partial charge in [-0.05, 0) is 31.0 Å². The lowest BCUT2D eigenvalue weighted by molar-refractivity contribution is -0.134. The molecule has 0 saturated carbocycles. The van der Waals surface area contributed by atoms with Gasteiger partial charge in [0.15, 0.2) is 0 Å². The summed E-state index contributed by atoms with van der Waals surface area (Å²) in [6.45, 7) is 0.420. The lowest BCUT2D eigenvalue weighted by Crippen LogP contribution is -2.46. The van der Waals surface area contributed by atoms with E-state index in [1.165, 1.54) is 30.1 Å². The normalized spacial score (nSPS) is 16.2. The molecule has 2 amide bonds. The Labute approximate surface area is 156 Å². The number of primary amides is 1. The minimum atomic E-state index is -3.95. The average molecular weight is 408 g/mol. The number of piperidine rings is 1. The number of rotatable bonds is 5. The Morgan fingerprint density at radius 1 is 1.28 bits per heavy atom. The Morgan fingerprint density at radius 3 is 2.44 bits per heavy atom. The highest BCUT2D eigenvalue weighted by Crippen LogP contribution is 2.27. The molecule has 1 saturated heterocycles. The van der Waals surface area contributed by atoms with E-state index in [4.69, 9.17) is 28.9 Å². The van der Waals surface area contributed by atoms with Gasteiger partial charge >= 0.3 is 0 Å². The Hall–Kier alpha value is -1.35. The van der Waals surface area contributed by atoms with E-state index in [0.29, 0.717) is 25.9 Å². The number of halogens is 2. The third-order valence-corrected chi connectivity index (χ3v) is 6.71. The van der Waals surface area contributed by atoms with Crippen LogP contribution in [0.1, 0.15) is 12.8 Å². The molecule has 0 aromatic heterocycles. The van der Waals surface area contributed by atoms with Crippen molar-refractivity contribution >= 4 is 45.0 Å². The van der Waals surface area contributed by atoms with E-state index >= 15 is 0 Å². The fourth-order valence-corrected chi connectivity index (χ4v) is 4.49. The van der Waals surface area contributed by atoms with E-state index in [-0.39, 0.29) is 39.2 Å². The first-order valence-electron chi connectivity index (χ1n) is 7.61. The average Bonchev–Trinajstić information content (AvgIpc) is 2.56. The van der Waals surface area contributed by atoms with Gasteiger partial charge in [-0.3, -0.25) is 9.59 Å². The van der Waals surface area contributed by atoms with E-state index in [1.807, 2.05) is 0 Å². The van der Waals surface area contributed by atoms with Gasteiger partial charge in [-0.25, -0.2) is 8.42 Å². The lowest BCUT2D eigenvalue weighted by atomic mass is 9.96. The Balaban J connectivity index is 2.06. The van der Waals surface area contributed by atoms with Gasteiger partial charge in [0.2, 0.25) is 21.8 Å². The lowest BCUT2D eigenvalue weighted by Gasteiger charge is -2.31. The van der Waals surface area contributed by atoms with Crippen LogP contribution in [0.5, 0.6) is 0 Å². The van der Waals surface area contributed by atoms with E-state index in [2.05, 4.69) is 0 Å². The summed E-state index contributed by atoms with van der Waals surface area (Å²) >= 11 is 11.8. The molecular formula is C15H19Cl2N3O4S. The summed E-state index contributed by atoms with van der Waals surface area (Å²) in [5.41, 5.74) is 5.26. The first-order valence-corrected chi connectivity index (χ1v) is 9.81. The van der Waals surface area contributed by atoms with E-state index in [9.17, 15) is 18.0 Å². The van der Waals surface area contributed by atoms with E-state index < -0.39 is 10.0 Å². The van der Waals surface area contributed by atoms with E-state index in [0.717, 1.165) is 4.31 Å². The van der Waals surface area contributed by atoms with Crippen molar-refractivity contribution in [3.8, 4) is 0 Å². The molecule has 1 heterocycles. The minimum Gasteiger partial charge on any atom is -0.369 e. The van der Waals surface area contributed by atoms with Gasteiger partial charge in [0.25, 0.3) is 0 Å². The number of nitrogens with zero attached hydrogens (tertiary/aromatic N) is 2. The summed E-state index contributed by atoms with van der Waals surface area (Å²) in [4.78, 5) is 24.9. The predicted molar refractivity (Wildman–Crippen MR) is 94.8 cm³/mol. The SMILES string of the molecule is CN(CC(=O)N1CCC(C(N)=O)CC1)S(=O)(=O)c1cc(Cl)ccc1Cl. The zero-order valence-corrected chi connectivity index (χ0v) is 15.9. The number of likely N-dealkylation sites (N-methyl/N-ethyl adjacent to an activating group) is 1. The molecule has 0 aliphatic carbocycles. The molecule has 2 N–H and O–H groups in total. The second-order valence-corrected chi connectivity index (χ2v) is 8.75.